The van der Waals surface area contributed by atoms with E-state index in [0.717, 1.165) is 18.5 Å². The van der Waals surface area contributed by atoms with Crippen LogP contribution in [0, 0.1) is 11.8 Å². The van der Waals surface area contributed by atoms with E-state index in [9.17, 15) is 4.79 Å². The minimum atomic E-state index is -0.00657. The van der Waals surface area contributed by atoms with Gasteiger partial charge in [0.25, 0.3) is 5.91 Å². The number of carbonyl (C=O) groups is 1. The van der Waals surface area contributed by atoms with Crippen molar-refractivity contribution in [1.29, 1.82) is 0 Å². The summed E-state index contributed by atoms with van der Waals surface area (Å²) in [6, 6.07) is 8.47. The molecule has 3 heterocycles. The molecule has 1 aliphatic carbocycles. The zero-order chi connectivity index (χ0) is 20.7. The van der Waals surface area contributed by atoms with Crippen LogP contribution in [0.15, 0.2) is 30.5 Å². The van der Waals surface area contributed by atoms with Crippen LogP contribution in [0.1, 0.15) is 73.7 Å². The van der Waals surface area contributed by atoms with Crippen molar-refractivity contribution in [2.24, 2.45) is 11.8 Å². The number of benzene rings is 1. The number of aromatic nitrogens is 4. The number of hydrogen-bond donors (Lipinski definition) is 1. The second kappa shape index (κ2) is 7.89. The molecular weight excluding hydrogens is 374 g/mol. The molecule has 2 aromatic heterocycles. The van der Waals surface area contributed by atoms with Crippen LogP contribution in [0.3, 0.4) is 0 Å². The Bertz CT molecular complexity index is 1040. The van der Waals surface area contributed by atoms with Gasteiger partial charge in [-0.2, -0.15) is 0 Å². The van der Waals surface area contributed by atoms with E-state index < -0.39 is 0 Å². The lowest BCUT2D eigenvalue weighted by atomic mass is 9.89. The Morgan fingerprint density at radius 2 is 2.00 bits per heavy atom. The number of nitrogens with zero attached hydrogens (tertiary/aromatic N) is 4. The first kappa shape index (κ1) is 19.3. The SMILES string of the molecule is CC(C)C1c2[nH]c3ccccc3c2CCN1C(=O)c1cn(CC2CCCCC2)nn1. The molecule has 0 radical (unpaired) electrons. The van der Waals surface area contributed by atoms with Crippen LogP contribution < -0.4 is 0 Å². The van der Waals surface area contributed by atoms with Gasteiger partial charge in [-0.05, 0) is 42.7 Å². The maximum atomic E-state index is 13.4. The molecule has 0 spiro atoms. The third-order valence-corrected chi connectivity index (χ3v) is 6.90. The molecule has 3 aromatic rings. The van der Waals surface area contributed by atoms with Crippen LogP contribution >= 0.6 is 0 Å². The first-order chi connectivity index (χ1) is 14.6. The quantitative estimate of drug-likeness (QED) is 0.682. The molecule has 1 fully saturated rings. The highest BCUT2D eigenvalue weighted by atomic mass is 16.2. The lowest BCUT2D eigenvalue weighted by molar-refractivity contribution is 0.0592. The van der Waals surface area contributed by atoms with E-state index in [2.05, 4.69) is 53.4 Å². The van der Waals surface area contributed by atoms with E-state index in [0.29, 0.717) is 24.1 Å². The van der Waals surface area contributed by atoms with Crippen molar-refractivity contribution in [2.75, 3.05) is 6.54 Å². The molecule has 1 saturated carbocycles. The van der Waals surface area contributed by atoms with Crippen molar-refractivity contribution in [3.63, 3.8) is 0 Å². The molecule has 5 rings (SSSR count). The Morgan fingerprint density at radius 3 is 2.80 bits per heavy atom. The number of nitrogens with one attached hydrogen (secondary N) is 1. The highest BCUT2D eigenvalue weighted by Crippen LogP contribution is 2.39. The van der Waals surface area contributed by atoms with E-state index in [-0.39, 0.29) is 11.9 Å². The topological polar surface area (TPSA) is 66.8 Å². The largest absolute Gasteiger partial charge is 0.356 e. The summed E-state index contributed by atoms with van der Waals surface area (Å²) in [5.74, 6) is 0.960. The summed E-state index contributed by atoms with van der Waals surface area (Å²) in [5.41, 5.74) is 4.16. The molecule has 1 unspecified atom stereocenters. The van der Waals surface area contributed by atoms with E-state index in [4.69, 9.17) is 0 Å². The smallest absolute Gasteiger partial charge is 0.276 e. The zero-order valence-corrected chi connectivity index (χ0v) is 18.0. The van der Waals surface area contributed by atoms with Crippen LogP contribution in [0.5, 0.6) is 0 Å². The summed E-state index contributed by atoms with van der Waals surface area (Å²) in [6.07, 6.45) is 9.20. The van der Waals surface area contributed by atoms with E-state index in [1.807, 2.05) is 15.8 Å². The first-order valence-corrected chi connectivity index (χ1v) is 11.4. The molecule has 0 bridgehead atoms. The van der Waals surface area contributed by atoms with Gasteiger partial charge in [0, 0.05) is 29.7 Å². The summed E-state index contributed by atoms with van der Waals surface area (Å²) in [6.45, 7) is 5.96. The summed E-state index contributed by atoms with van der Waals surface area (Å²) in [7, 11) is 0. The molecule has 1 aliphatic heterocycles. The third kappa shape index (κ3) is 3.42. The van der Waals surface area contributed by atoms with Crippen LogP contribution in [0.2, 0.25) is 0 Å². The monoisotopic (exact) mass is 405 g/mol. The second-order valence-corrected chi connectivity index (χ2v) is 9.33. The van der Waals surface area contributed by atoms with Gasteiger partial charge in [0.05, 0.1) is 12.2 Å². The van der Waals surface area contributed by atoms with Gasteiger partial charge in [-0.15, -0.1) is 5.10 Å². The molecule has 158 valence electrons. The number of hydrogen-bond acceptors (Lipinski definition) is 3. The number of aromatic amines is 1. The van der Waals surface area contributed by atoms with Crippen molar-refractivity contribution < 1.29 is 4.79 Å². The molecule has 6 heteroatoms. The van der Waals surface area contributed by atoms with Gasteiger partial charge in [0.1, 0.15) is 0 Å². The molecule has 1 atom stereocenters. The number of carbonyl (C=O) groups excluding carboxylic acids is 1. The Morgan fingerprint density at radius 1 is 1.20 bits per heavy atom. The number of fused-ring (bicyclic) bond motifs is 3. The maximum absolute atomic E-state index is 13.4. The van der Waals surface area contributed by atoms with E-state index in [1.54, 1.807) is 0 Å². The maximum Gasteiger partial charge on any atom is 0.276 e. The zero-order valence-electron chi connectivity index (χ0n) is 18.0. The average Bonchev–Trinajstić information content (AvgIpc) is 3.37. The first-order valence-electron chi connectivity index (χ1n) is 11.4. The second-order valence-electron chi connectivity index (χ2n) is 9.33. The van der Waals surface area contributed by atoms with Gasteiger partial charge >= 0.3 is 0 Å². The van der Waals surface area contributed by atoms with Crippen LogP contribution in [-0.2, 0) is 13.0 Å². The van der Waals surface area contributed by atoms with Crippen LogP contribution in [0.4, 0.5) is 0 Å². The fourth-order valence-corrected chi connectivity index (χ4v) is 5.46. The fourth-order valence-electron chi connectivity index (χ4n) is 5.46. The third-order valence-electron chi connectivity index (χ3n) is 6.90. The standard InChI is InChI=1S/C24H31N5O/c1-16(2)23-22-19(18-10-6-7-11-20(18)25-22)12-13-29(23)24(30)21-15-28(27-26-21)14-17-8-4-3-5-9-17/h6-7,10-11,15-17,23,25H,3-5,8-9,12-14H2,1-2H3. The summed E-state index contributed by atoms with van der Waals surface area (Å²) in [4.78, 5) is 19.0. The van der Waals surface area contributed by atoms with Gasteiger partial charge in [0.2, 0.25) is 0 Å². The minimum Gasteiger partial charge on any atom is -0.356 e. The van der Waals surface area contributed by atoms with Crippen molar-refractivity contribution in [2.45, 2.75) is 65.0 Å². The number of amides is 1. The van der Waals surface area contributed by atoms with Gasteiger partial charge < -0.3 is 9.88 Å². The predicted octanol–water partition coefficient (Wildman–Crippen LogP) is 4.74. The molecule has 6 nitrogen and oxygen atoms in total. The Kier molecular flexibility index (Phi) is 5.09. The summed E-state index contributed by atoms with van der Waals surface area (Å²) >= 11 is 0. The van der Waals surface area contributed by atoms with Gasteiger partial charge in [0.15, 0.2) is 5.69 Å². The van der Waals surface area contributed by atoms with Crippen molar-refractivity contribution in [3.05, 3.63) is 47.4 Å². The van der Waals surface area contributed by atoms with Gasteiger partial charge in [-0.3, -0.25) is 9.48 Å². The highest BCUT2D eigenvalue weighted by Gasteiger charge is 2.36. The fraction of sp³-hybridized carbons (Fsp3) is 0.542. The summed E-state index contributed by atoms with van der Waals surface area (Å²) in [5, 5.41) is 9.83. The van der Waals surface area contributed by atoms with Crippen molar-refractivity contribution in [3.8, 4) is 0 Å². The minimum absolute atomic E-state index is 0.00657. The van der Waals surface area contributed by atoms with Crippen LogP contribution in [0.25, 0.3) is 10.9 Å². The van der Waals surface area contributed by atoms with Gasteiger partial charge in [-0.1, -0.05) is 56.5 Å². The molecule has 1 N–H and O–H groups in total. The Labute approximate surface area is 177 Å². The molecule has 2 aliphatic rings. The molecule has 0 saturated heterocycles. The summed E-state index contributed by atoms with van der Waals surface area (Å²) < 4.78 is 1.88. The van der Waals surface area contributed by atoms with E-state index in [1.165, 1.54) is 48.7 Å². The number of rotatable bonds is 4. The van der Waals surface area contributed by atoms with Crippen molar-refractivity contribution >= 4 is 16.8 Å². The predicted molar refractivity (Wildman–Crippen MR) is 117 cm³/mol. The van der Waals surface area contributed by atoms with Crippen molar-refractivity contribution in [1.82, 2.24) is 24.9 Å². The lowest BCUT2D eigenvalue weighted by Crippen LogP contribution is -2.42. The molecular formula is C24H31N5O. The molecule has 1 amide bonds. The lowest BCUT2D eigenvalue weighted by Gasteiger charge is -2.37. The Balaban J connectivity index is 1.40. The molecule has 1 aromatic carbocycles. The normalized spacial score (nSPS) is 20.1. The number of H-pyrrole nitrogens is 1. The van der Waals surface area contributed by atoms with Gasteiger partial charge in [-0.25, -0.2) is 0 Å². The van der Waals surface area contributed by atoms with E-state index >= 15 is 0 Å². The Hall–Kier alpha value is -2.63. The molecule has 30 heavy (non-hydrogen) atoms. The number of para-hydroxylation sites is 1. The van der Waals surface area contributed by atoms with Crippen LogP contribution in [-0.4, -0.2) is 37.3 Å². The highest BCUT2D eigenvalue weighted by molar-refractivity contribution is 5.93. The average molecular weight is 406 g/mol.